The number of rotatable bonds is 2. The van der Waals surface area contributed by atoms with Crippen molar-refractivity contribution < 1.29 is 9.53 Å². The predicted molar refractivity (Wildman–Crippen MR) is 67.2 cm³/mol. The van der Waals surface area contributed by atoms with E-state index in [-0.39, 0.29) is 22.6 Å². The molecule has 16 heavy (non-hydrogen) atoms. The van der Waals surface area contributed by atoms with Crippen LogP contribution in [0.4, 0.5) is 0 Å². The Morgan fingerprint density at radius 1 is 1.62 bits per heavy atom. The Kier molecular flexibility index (Phi) is 3.91. The molecule has 0 spiro atoms. The Morgan fingerprint density at radius 3 is 2.62 bits per heavy atom. The summed E-state index contributed by atoms with van der Waals surface area (Å²) < 4.78 is 5.74. The highest BCUT2D eigenvalue weighted by atomic mass is 32.1. The lowest BCUT2D eigenvalue weighted by atomic mass is 10.0. The molecule has 92 valence electrons. The molecule has 1 saturated heterocycles. The Balaban J connectivity index is 2.73. The highest BCUT2D eigenvalue weighted by Crippen LogP contribution is 2.22. The lowest BCUT2D eigenvalue weighted by Crippen LogP contribution is -2.55. The third kappa shape index (κ3) is 3.15. The third-order valence-corrected chi connectivity index (χ3v) is 3.03. The summed E-state index contributed by atoms with van der Waals surface area (Å²) in [5.41, 5.74) is 5.20. The molecule has 1 amide bonds. The maximum absolute atomic E-state index is 12.1. The summed E-state index contributed by atoms with van der Waals surface area (Å²) in [6.45, 7) is 8.87. The van der Waals surface area contributed by atoms with Crippen LogP contribution in [0.25, 0.3) is 0 Å². The summed E-state index contributed by atoms with van der Waals surface area (Å²) in [7, 11) is 0. The highest BCUT2D eigenvalue weighted by Gasteiger charge is 2.35. The van der Waals surface area contributed by atoms with Gasteiger partial charge >= 0.3 is 0 Å². The van der Waals surface area contributed by atoms with E-state index in [1.54, 1.807) is 11.8 Å². The Morgan fingerprint density at radius 2 is 2.19 bits per heavy atom. The molecule has 1 aliphatic heterocycles. The molecule has 1 rings (SSSR count). The Labute approximate surface area is 102 Å². The molecule has 0 aliphatic carbocycles. The molecule has 2 N–H and O–H groups in total. The number of carbonyl (C=O) groups excluding carboxylic acids is 1. The monoisotopic (exact) mass is 244 g/mol. The molecule has 1 aliphatic rings. The first-order valence-electron chi connectivity index (χ1n) is 5.49. The van der Waals surface area contributed by atoms with Crippen LogP contribution in [-0.2, 0) is 9.53 Å². The van der Waals surface area contributed by atoms with Gasteiger partial charge in [-0.1, -0.05) is 12.2 Å². The fourth-order valence-electron chi connectivity index (χ4n) is 2.02. The molecule has 0 saturated carbocycles. The highest BCUT2D eigenvalue weighted by molar-refractivity contribution is 7.80. The molecule has 0 aromatic heterocycles. The zero-order valence-electron chi connectivity index (χ0n) is 10.3. The largest absolute Gasteiger partial charge is 0.393 e. The number of amides is 1. The summed E-state index contributed by atoms with van der Waals surface area (Å²) in [4.78, 5) is 14.1. The van der Waals surface area contributed by atoms with Crippen molar-refractivity contribution in [1.29, 1.82) is 0 Å². The second-order valence-electron chi connectivity index (χ2n) is 5.03. The van der Waals surface area contributed by atoms with Crippen molar-refractivity contribution in [3.8, 4) is 0 Å². The van der Waals surface area contributed by atoms with E-state index in [2.05, 4.69) is 0 Å². The molecular formula is C11H20N2O2S. The van der Waals surface area contributed by atoms with Gasteiger partial charge in [-0.3, -0.25) is 4.79 Å². The van der Waals surface area contributed by atoms with E-state index in [1.807, 2.05) is 20.8 Å². The van der Waals surface area contributed by atoms with E-state index < -0.39 is 5.92 Å². The molecule has 1 fully saturated rings. The van der Waals surface area contributed by atoms with Crippen molar-refractivity contribution in [3.63, 3.8) is 0 Å². The lowest BCUT2D eigenvalue weighted by Gasteiger charge is -2.42. The topological polar surface area (TPSA) is 55.6 Å². The van der Waals surface area contributed by atoms with Crippen molar-refractivity contribution in [2.45, 2.75) is 39.4 Å². The average Bonchev–Trinajstić information content (AvgIpc) is 2.12. The van der Waals surface area contributed by atoms with Gasteiger partial charge in [-0.05, 0) is 27.7 Å². The van der Waals surface area contributed by atoms with Gasteiger partial charge in [-0.15, -0.1) is 0 Å². The van der Waals surface area contributed by atoms with Gasteiger partial charge in [0.05, 0.1) is 22.6 Å². The summed E-state index contributed by atoms with van der Waals surface area (Å²) in [5.74, 6) is -0.396. The fraction of sp³-hybridized carbons (Fsp3) is 0.818. The van der Waals surface area contributed by atoms with Gasteiger partial charge in [0.15, 0.2) is 0 Å². The molecule has 1 heterocycles. The number of hydrogen-bond donors (Lipinski definition) is 1. The van der Waals surface area contributed by atoms with Crippen molar-refractivity contribution in [2.75, 3.05) is 13.1 Å². The Bertz CT molecular complexity index is 304. The maximum Gasteiger partial charge on any atom is 0.232 e. The van der Waals surface area contributed by atoms with Crippen LogP contribution in [0.3, 0.4) is 0 Å². The molecule has 2 atom stereocenters. The van der Waals surface area contributed by atoms with E-state index in [4.69, 9.17) is 22.7 Å². The number of nitrogens with zero attached hydrogens (tertiary/aromatic N) is 1. The van der Waals surface area contributed by atoms with Gasteiger partial charge in [-0.2, -0.15) is 0 Å². The van der Waals surface area contributed by atoms with Gasteiger partial charge in [0.1, 0.15) is 0 Å². The van der Waals surface area contributed by atoms with E-state index in [1.165, 1.54) is 0 Å². The van der Waals surface area contributed by atoms with Gasteiger partial charge in [-0.25, -0.2) is 0 Å². The predicted octanol–water partition coefficient (Wildman–Crippen LogP) is 0.934. The van der Waals surface area contributed by atoms with Crippen LogP contribution in [0.1, 0.15) is 27.7 Å². The number of hydrogen-bond acceptors (Lipinski definition) is 3. The van der Waals surface area contributed by atoms with E-state index in [0.29, 0.717) is 13.1 Å². The maximum atomic E-state index is 12.1. The van der Waals surface area contributed by atoms with Crippen molar-refractivity contribution in [1.82, 2.24) is 4.90 Å². The minimum Gasteiger partial charge on any atom is -0.393 e. The number of thiocarbonyl (C=S) groups is 1. The zero-order valence-corrected chi connectivity index (χ0v) is 11.1. The Hall–Kier alpha value is -0.680. The summed E-state index contributed by atoms with van der Waals surface area (Å²) in [6.07, 6.45) is 0.0474. The molecule has 0 aromatic rings. The first-order valence-corrected chi connectivity index (χ1v) is 5.89. The SMILES string of the molecule is CC1CN(C(=O)C(C)C(N)=S)CC(C)(C)O1. The van der Waals surface area contributed by atoms with E-state index in [9.17, 15) is 4.79 Å². The first kappa shape index (κ1) is 13.4. The summed E-state index contributed by atoms with van der Waals surface area (Å²) in [5, 5.41) is 0. The van der Waals surface area contributed by atoms with Crippen molar-refractivity contribution >= 4 is 23.1 Å². The smallest absolute Gasteiger partial charge is 0.232 e. The molecular weight excluding hydrogens is 224 g/mol. The molecule has 0 bridgehead atoms. The van der Waals surface area contributed by atoms with Crippen LogP contribution in [0.2, 0.25) is 0 Å². The zero-order chi connectivity index (χ0) is 12.5. The molecule has 2 unspecified atom stereocenters. The van der Waals surface area contributed by atoms with Gasteiger partial charge < -0.3 is 15.4 Å². The van der Waals surface area contributed by atoms with Crippen LogP contribution in [0.5, 0.6) is 0 Å². The van der Waals surface area contributed by atoms with Gasteiger partial charge in [0.25, 0.3) is 0 Å². The van der Waals surface area contributed by atoms with Crippen LogP contribution < -0.4 is 5.73 Å². The number of ether oxygens (including phenoxy) is 1. The van der Waals surface area contributed by atoms with Gasteiger partial charge in [0.2, 0.25) is 5.91 Å². The van der Waals surface area contributed by atoms with Crippen LogP contribution in [0.15, 0.2) is 0 Å². The minimum atomic E-state index is -0.393. The third-order valence-electron chi connectivity index (χ3n) is 2.68. The average molecular weight is 244 g/mol. The number of nitrogens with two attached hydrogens (primary N) is 1. The second kappa shape index (κ2) is 4.67. The number of carbonyl (C=O) groups is 1. The van der Waals surface area contributed by atoms with E-state index in [0.717, 1.165) is 0 Å². The summed E-state index contributed by atoms with van der Waals surface area (Å²) >= 11 is 4.85. The van der Waals surface area contributed by atoms with E-state index >= 15 is 0 Å². The van der Waals surface area contributed by atoms with Crippen LogP contribution in [0, 0.1) is 5.92 Å². The molecule has 0 aromatic carbocycles. The second-order valence-corrected chi connectivity index (χ2v) is 5.50. The van der Waals surface area contributed by atoms with Crippen molar-refractivity contribution in [3.05, 3.63) is 0 Å². The van der Waals surface area contributed by atoms with Crippen LogP contribution in [-0.4, -0.2) is 40.6 Å². The molecule has 5 heteroatoms. The lowest BCUT2D eigenvalue weighted by molar-refractivity contribution is -0.159. The normalized spacial score (nSPS) is 26.2. The van der Waals surface area contributed by atoms with Gasteiger partial charge in [0, 0.05) is 13.1 Å². The standard InChI is InChI=1S/C11H20N2O2S/c1-7-5-13(6-11(3,4)15-7)10(14)8(2)9(12)16/h7-8H,5-6H2,1-4H3,(H2,12,16). The summed E-state index contributed by atoms with van der Waals surface area (Å²) in [6, 6.07) is 0. The minimum absolute atomic E-state index is 0.00396. The van der Waals surface area contributed by atoms with Crippen molar-refractivity contribution in [2.24, 2.45) is 11.7 Å². The first-order chi connectivity index (χ1) is 7.23. The fourth-order valence-corrected chi connectivity index (χ4v) is 2.12. The molecule has 0 radical (unpaired) electrons. The quantitative estimate of drug-likeness (QED) is 0.734. The molecule has 4 nitrogen and oxygen atoms in total. The van der Waals surface area contributed by atoms with Crippen LogP contribution >= 0.6 is 12.2 Å². The number of morpholine rings is 1.